The third-order valence-electron chi connectivity index (χ3n) is 4.57. The minimum absolute atomic E-state index is 0.690. The van der Waals surface area contributed by atoms with Crippen molar-refractivity contribution >= 4 is 33.2 Å². The molecule has 1 aliphatic heterocycles. The zero-order valence-corrected chi connectivity index (χ0v) is 15.9. The van der Waals surface area contributed by atoms with Gasteiger partial charge in [-0.3, -0.25) is 19.8 Å². The summed E-state index contributed by atoms with van der Waals surface area (Å²) in [7, 11) is 0. The number of aromatic nitrogens is 6. The molecule has 0 saturated heterocycles. The average molecular weight is 381 g/mol. The van der Waals surface area contributed by atoms with E-state index in [4.69, 9.17) is 4.98 Å². The molecule has 2 N–H and O–H groups in total. The molecule has 0 spiro atoms. The van der Waals surface area contributed by atoms with Gasteiger partial charge in [-0.25, -0.2) is 9.97 Å². The second kappa shape index (κ2) is 6.32. The van der Waals surface area contributed by atoms with Crippen LogP contribution in [0.2, 0.25) is 0 Å². The van der Waals surface area contributed by atoms with E-state index in [9.17, 15) is 0 Å². The number of nitrogens with one attached hydrogen (secondary N) is 2. The number of rotatable bonds is 5. The Labute approximate surface area is 159 Å². The smallest absolute Gasteiger partial charge is 0.190 e. The molecule has 0 unspecified atom stereocenters. The number of thiophene rings is 1. The molecule has 4 aromatic heterocycles. The molecule has 0 atom stereocenters. The molecule has 0 amide bonds. The first kappa shape index (κ1) is 16.2. The maximum absolute atomic E-state index is 4.80. The largest absolute Gasteiger partial charge is 0.285 e. The van der Waals surface area contributed by atoms with E-state index < -0.39 is 0 Å². The Morgan fingerprint density at radius 2 is 2.04 bits per heavy atom. The zero-order valence-electron chi connectivity index (χ0n) is 15.0. The van der Waals surface area contributed by atoms with Gasteiger partial charge in [-0.1, -0.05) is 0 Å². The molecule has 5 heterocycles. The number of nitrogens with zero attached hydrogens (tertiary/aromatic N) is 7. The molecule has 138 valence electrons. The van der Waals surface area contributed by atoms with Crippen molar-refractivity contribution in [3.05, 3.63) is 35.7 Å². The third-order valence-corrected chi connectivity index (χ3v) is 5.61. The van der Waals surface area contributed by atoms with E-state index >= 15 is 0 Å². The van der Waals surface area contributed by atoms with Crippen LogP contribution in [0, 0.1) is 0 Å². The Bertz CT molecular complexity index is 1110. The van der Waals surface area contributed by atoms with Crippen LogP contribution in [0.15, 0.2) is 30.9 Å². The summed E-state index contributed by atoms with van der Waals surface area (Å²) < 4.78 is 5.10. The standard InChI is InChI=1S/C17H19N9S/c1-3-24-9-11(6-19-24)13-7-18-16-17(21-13)26(23-22-16)10-12-5-14-15(27-12)8-20-25(14)4-2/h5-9,23H,3-4,10H2,1-2H3,(H,18,22). The van der Waals surface area contributed by atoms with E-state index in [1.807, 2.05) is 33.0 Å². The van der Waals surface area contributed by atoms with Crippen molar-refractivity contribution in [1.82, 2.24) is 35.1 Å². The Hall–Kier alpha value is -2.98. The van der Waals surface area contributed by atoms with Gasteiger partial charge in [-0.2, -0.15) is 10.2 Å². The lowest BCUT2D eigenvalue weighted by atomic mass is 10.2. The summed E-state index contributed by atoms with van der Waals surface area (Å²) in [5.41, 5.74) is 9.18. The fourth-order valence-electron chi connectivity index (χ4n) is 3.16. The van der Waals surface area contributed by atoms with Crippen LogP contribution in [-0.2, 0) is 19.6 Å². The number of hydrazine groups is 2. The van der Waals surface area contributed by atoms with E-state index in [1.165, 1.54) is 15.1 Å². The molecular weight excluding hydrogens is 362 g/mol. The summed E-state index contributed by atoms with van der Waals surface area (Å²) in [6.45, 7) is 6.55. The van der Waals surface area contributed by atoms with E-state index in [-0.39, 0.29) is 0 Å². The van der Waals surface area contributed by atoms with Crippen molar-refractivity contribution in [1.29, 1.82) is 0 Å². The Morgan fingerprint density at radius 1 is 1.11 bits per heavy atom. The van der Waals surface area contributed by atoms with Gasteiger partial charge in [0.25, 0.3) is 0 Å². The summed E-state index contributed by atoms with van der Waals surface area (Å²) >= 11 is 1.75. The molecule has 1 aliphatic rings. The van der Waals surface area contributed by atoms with Crippen molar-refractivity contribution < 1.29 is 0 Å². The van der Waals surface area contributed by atoms with E-state index in [0.29, 0.717) is 6.54 Å². The Kier molecular flexibility index (Phi) is 3.80. The lowest BCUT2D eigenvalue weighted by molar-refractivity contribution is 0.660. The third kappa shape index (κ3) is 2.73. The van der Waals surface area contributed by atoms with Crippen LogP contribution < -0.4 is 16.0 Å². The Morgan fingerprint density at radius 3 is 2.85 bits per heavy atom. The predicted octanol–water partition coefficient (Wildman–Crippen LogP) is 2.64. The number of hydrogen-bond donors (Lipinski definition) is 2. The molecule has 0 aliphatic carbocycles. The highest BCUT2D eigenvalue weighted by Gasteiger charge is 2.23. The molecule has 0 saturated carbocycles. The van der Waals surface area contributed by atoms with Crippen LogP contribution in [0.1, 0.15) is 18.7 Å². The molecule has 27 heavy (non-hydrogen) atoms. The normalized spacial score (nSPS) is 13.3. The van der Waals surface area contributed by atoms with E-state index in [0.717, 1.165) is 36.0 Å². The predicted molar refractivity (Wildman–Crippen MR) is 105 cm³/mol. The minimum Gasteiger partial charge on any atom is -0.285 e. The summed E-state index contributed by atoms with van der Waals surface area (Å²) in [6, 6.07) is 2.19. The van der Waals surface area contributed by atoms with Gasteiger partial charge in [-0.05, 0) is 19.9 Å². The number of fused-ring (bicyclic) bond motifs is 2. The van der Waals surface area contributed by atoms with Crippen molar-refractivity contribution in [2.45, 2.75) is 33.5 Å². The second-order valence-electron chi connectivity index (χ2n) is 6.26. The number of aryl methyl sites for hydroxylation is 2. The number of anilines is 2. The molecule has 5 rings (SSSR count). The molecule has 0 aromatic carbocycles. The van der Waals surface area contributed by atoms with Crippen LogP contribution >= 0.6 is 11.3 Å². The summed E-state index contributed by atoms with van der Waals surface area (Å²) in [6.07, 6.45) is 7.50. The van der Waals surface area contributed by atoms with E-state index in [1.54, 1.807) is 17.5 Å². The van der Waals surface area contributed by atoms with Crippen LogP contribution in [0.5, 0.6) is 0 Å². The molecule has 10 heteroatoms. The van der Waals surface area contributed by atoms with E-state index in [2.05, 4.69) is 46.1 Å². The first-order valence-corrected chi connectivity index (χ1v) is 9.70. The molecule has 9 nitrogen and oxygen atoms in total. The highest BCUT2D eigenvalue weighted by molar-refractivity contribution is 7.19. The SMILES string of the molecule is CCn1cc(-c2cnc3c(n2)N(Cc2cc4c(cnn4CC)s2)NN3)cn1. The molecule has 0 bridgehead atoms. The van der Waals surface area contributed by atoms with Gasteiger partial charge in [0.2, 0.25) is 0 Å². The van der Waals surface area contributed by atoms with Crippen molar-refractivity contribution in [3.63, 3.8) is 0 Å². The molecular formula is C17H19N9S. The molecule has 4 aromatic rings. The highest BCUT2D eigenvalue weighted by Crippen LogP contribution is 2.31. The summed E-state index contributed by atoms with van der Waals surface area (Å²) in [5.74, 6) is 1.51. The van der Waals surface area contributed by atoms with Gasteiger partial charge in [0.1, 0.15) is 0 Å². The maximum atomic E-state index is 4.80. The van der Waals surface area contributed by atoms with Crippen molar-refractivity contribution in [2.75, 3.05) is 10.4 Å². The zero-order chi connectivity index (χ0) is 18.4. The second-order valence-corrected chi connectivity index (χ2v) is 7.43. The highest BCUT2D eigenvalue weighted by atomic mass is 32.1. The minimum atomic E-state index is 0.690. The number of hydrogen-bond acceptors (Lipinski definition) is 8. The van der Waals surface area contributed by atoms with Gasteiger partial charge < -0.3 is 0 Å². The lowest BCUT2D eigenvalue weighted by Crippen LogP contribution is -2.35. The monoisotopic (exact) mass is 381 g/mol. The fourth-order valence-corrected chi connectivity index (χ4v) is 4.18. The van der Waals surface area contributed by atoms with Crippen molar-refractivity contribution in [3.8, 4) is 11.3 Å². The van der Waals surface area contributed by atoms with Gasteiger partial charge in [0, 0.05) is 29.7 Å². The van der Waals surface area contributed by atoms with Gasteiger partial charge in [0.05, 0.1) is 41.0 Å². The van der Waals surface area contributed by atoms with Crippen LogP contribution in [0.4, 0.5) is 11.6 Å². The lowest BCUT2D eigenvalue weighted by Gasteiger charge is -2.15. The molecule has 0 fully saturated rings. The van der Waals surface area contributed by atoms with Gasteiger partial charge >= 0.3 is 0 Å². The topological polar surface area (TPSA) is 88.7 Å². The molecule has 0 radical (unpaired) electrons. The first-order chi connectivity index (χ1) is 13.2. The van der Waals surface area contributed by atoms with Gasteiger partial charge in [-0.15, -0.1) is 16.9 Å². The van der Waals surface area contributed by atoms with Crippen LogP contribution in [0.3, 0.4) is 0 Å². The average Bonchev–Trinajstić information content (AvgIpc) is 3.45. The quantitative estimate of drug-likeness (QED) is 0.549. The maximum Gasteiger partial charge on any atom is 0.190 e. The van der Waals surface area contributed by atoms with Crippen molar-refractivity contribution in [2.24, 2.45) is 0 Å². The summed E-state index contributed by atoms with van der Waals surface area (Å²) in [5, 5.41) is 10.7. The van der Waals surface area contributed by atoms with Crippen LogP contribution in [-0.4, -0.2) is 29.5 Å². The Balaban J connectivity index is 1.44. The van der Waals surface area contributed by atoms with Gasteiger partial charge in [0.15, 0.2) is 11.6 Å². The van der Waals surface area contributed by atoms with Crippen LogP contribution in [0.25, 0.3) is 21.5 Å². The summed E-state index contributed by atoms with van der Waals surface area (Å²) in [4.78, 5) is 10.5. The first-order valence-electron chi connectivity index (χ1n) is 8.88. The fraction of sp³-hybridized carbons (Fsp3) is 0.294.